The van der Waals surface area contributed by atoms with Gasteiger partial charge in [-0.2, -0.15) is 0 Å². The van der Waals surface area contributed by atoms with Crippen molar-refractivity contribution < 1.29 is 13.9 Å². The zero-order valence-corrected chi connectivity index (χ0v) is 12.4. The number of rotatable bonds is 2. The van der Waals surface area contributed by atoms with Crippen molar-refractivity contribution in [3.05, 3.63) is 0 Å². The van der Waals surface area contributed by atoms with E-state index in [-0.39, 0.29) is 18.1 Å². The van der Waals surface area contributed by atoms with E-state index in [1.807, 2.05) is 34.6 Å². The van der Waals surface area contributed by atoms with Crippen LogP contribution in [0.4, 0.5) is 4.39 Å². The van der Waals surface area contributed by atoms with Gasteiger partial charge in [-0.3, -0.25) is 0 Å². The number of hydrogen-bond acceptors (Lipinski definition) is 3. The van der Waals surface area contributed by atoms with Crippen molar-refractivity contribution in [3.63, 3.8) is 0 Å². The lowest BCUT2D eigenvalue weighted by Gasteiger charge is -2.39. The van der Waals surface area contributed by atoms with E-state index in [1.165, 1.54) is 7.11 Å². The average molecular weight is 251 g/mol. The Morgan fingerprint density at radius 2 is 1.41 bits per heavy atom. The molecular weight excluding hydrogens is 221 g/mol. The van der Waals surface area contributed by atoms with Crippen LogP contribution in [0.5, 0.6) is 0 Å². The molecule has 1 rings (SSSR count). The van der Waals surface area contributed by atoms with E-state index in [4.69, 9.17) is 15.2 Å². The van der Waals surface area contributed by atoms with Crippen molar-refractivity contribution in [3.8, 4) is 0 Å². The van der Waals surface area contributed by atoms with Crippen LogP contribution in [-0.2, 0) is 9.47 Å². The lowest BCUT2D eigenvalue weighted by molar-refractivity contribution is -0.118. The Morgan fingerprint density at radius 3 is 1.76 bits per heavy atom. The summed E-state index contributed by atoms with van der Waals surface area (Å²) in [6.45, 7) is 9.85. The maximum Gasteiger partial charge on any atom is 0.131 e. The molecule has 0 radical (unpaired) electrons. The number of hydrogen-bond donors (Lipinski definition) is 1. The van der Waals surface area contributed by atoms with Crippen LogP contribution in [0.15, 0.2) is 0 Å². The number of halogens is 1. The number of methoxy groups -OCH3 is 2. The first-order valence-corrected chi connectivity index (χ1v) is 6.57. The minimum Gasteiger partial charge on any atom is -0.377 e. The third-order valence-electron chi connectivity index (χ3n) is 2.79. The Bertz CT molecular complexity index is 169. The average Bonchev–Trinajstić information content (AvgIpc) is 2.38. The molecule has 4 heteroatoms. The van der Waals surface area contributed by atoms with E-state index in [0.29, 0.717) is 6.42 Å². The van der Waals surface area contributed by atoms with Gasteiger partial charge in [-0.15, -0.1) is 0 Å². The standard InChI is InChI=1S/C9H18FNO2.2C2H6/c1-5-4-6(11)8(12-2)9(13-3)7(5)10;2*1-2/h5-9H,4,11H2,1-3H3;2*1-2H3/t5-,6+,7?,8-,9-;;/m1../s1. The van der Waals surface area contributed by atoms with Crippen LogP contribution >= 0.6 is 0 Å². The third kappa shape index (κ3) is 5.32. The minimum atomic E-state index is -0.977. The summed E-state index contributed by atoms with van der Waals surface area (Å²) in [6, 6.07) is -0.128. The van der Waals surface area contributed by atoms with Gasteiger partial charge in [-0.05, 0) is 12.3 Å². The molecule has 1 saturated carbocycles. The molecule has 3 nitrogen and oxygen atoms in total. The molecule has 0 bridgehead atoms. The van der Waals surface area contributed by atoms with Crippen molar-refractivity contribution in [2.75, 3.05) is 14.2 Å². The number of nitrogens with two attached hydrogens (primary N) is 1. The molecule has 17 heavy (non-hydrogen) atoms. The van der Waals surface area contributed by atoms with Crippen LogP contribution in [0.3, 0.4) is 0 Å². The monoisotopic (exact) mass is 251 g/mol. The first-order chi connectivity index (χ1) is 8.11. The van der Waals surface area contributed by atoms with Gasteiger partial charge in [-0.1, -0.05) is 34.6 Å². The summed E-state index contributed by atoms with van der Waals surface area (Å²) in [5, 5.41) is 0. The van der Waals surface area contributed by atoms with E-state index < -0.39 is 12.3 Å². The third-order valence-corrected chi connectivity index (χ3v) is 2.79. The van der Waals surface area contributed by atoms with Gasteiger partial charge in [0.25, 0.3) is 0 Å². The predicted octanol–water partition coefficient (Wildman–Crippen LogP) is 2.77. The molecule has 1 aliphatic rings. The molecule has 106 valence electrons. The van der Waals surface area contributed by atoms with Crippen molar-refractivity contribution in [2.24, 2.45) is 11.7 Å². The highest BCUT2D eigenvalue weighted by molar-refractivity contribution is 4.95. The van der Waals surface area contributed by atoms with E-state index in [1.54, 1.807) is 7.11 Å². The zero-order valence-electron chi connectivity index (χ0n) is 12.4. The maximum atomic E-state index is 13.6. The van der Waals surface area contributed by atoms with Gasteiger partial charge in [0.15, 0.2) is 0 Å². The Labute approximate surface area is 106 Å². The molecule has 5 atom stereocenters. The van der Waals surface area contributed by atoms with Crippen molar-refractivity contribution >= 4 is 0 Å². The van der Waals surface area contributed by atoms with Gasteiger partial charge >= 0.3 is 0 Å². The largest absolute Gasteiger partial charge is 0.377 e. The summed E-state index contributed by atoms with van der Waals surface area (Å²) in [5.74, 6) is -0.0497. The highest BCUT2D eigenvalue weighted by Gasteiger charge is 2.42. The quantitative estimate of drug-likeness (QED) is 0.820. The first kappa shape index (κ1) is 19.2. The van der Waals surface area contributed by atoms with Gasteiger partial charge < -0.3 is 15.2 Å². The molecule has 1 fully saturated rings. The molecule has 0 saturated heterocycles. The topological polar surface area (TPSA) is 44.5 Å². The summed E-state index contributed by atoms with van der Waals surface area (Å²) >= 11 is 0. The predicted molar refractivity (Wildman–Crippen MR) is 70.9 cm³/mol. The van der Waals surface area contributed by atoms with Crippen LogP contribution in [0.25, 0.3) is 0 Å². The Morgan fingerprint density at radius 1 is 1.00 bits per heavy atom. The Hall–Kier alpha value is -0.190. The van der Waals surface area contributed by atoms with E-state index in [2.05, 4.69) is 0 Å². The lowest BCUT2D eigenvalue weighted by atomic mass is 9.81. The molecular formula is C13H30FNO2. The van der Waals surface area contributed by atoms with Gasteiger partial charge in [-0.25, -0.2) is 4.39 Å². The number of ether oxygens (including phenoxy) is 2. The van der Waals surface area contributed by atoms with Crippen molar-refractivity contribution in [1.82, 2.24) is 0 Å². The second-order valence-electron chi connectivity index (χ2n) is 3.72. The minimum absolute atomic E-state index is 0.0497. The van der Waals surface area contributed by atoms with Gasteiger partial charge in [0.05, 0.1) is 0 Å². The fourth-order valence-electron chi connectivity index (χ4n) is 2.02. The van der Waals surface area contributed by atoms with Crippen LogP contribution < -0.4 is 5.73 Å². The highest BCUT2D eigenvalue weighted by atomic mass is 19.1. The molecule has 0 aromatic carbocycles. The summed E-state index contributed by atoms with van der Waals surface area (Å²) in [6.07, 6.45) is -1.17. The second kappa shape index (κ2) is 10.9. The summed E-state index contributed by atoms with van der Waals surface area (Å²) in [7, 11) is 3.04. The molecule has 1 aliphatic carbocycles. The van der Waals surface area contributed by atoms with Gasteiger partial charge in [0.1, 0.15) is 18.4 Å². The van der Waals surface area contributed by atoms with Gasteiger partial charge in [0.2, 0.25) is 0 Å². The summed E-state index contributed by atoms with van der Waals surface area (Å²) < 4.78 is 23.8. The summed E-state index contributed by atoms with van der Waals surface area (Å²) in [4.78, 5) is 0. The van der Waals surface area contributed by atoms with E-state index >= 15 is 0 Å². The van der Waals surface area contributed by atoms with Crippen LogP contribution in [-0.4, -0.2) is 38.6 Å². The molecule has 0 aromatic heterocycles. The SMILES string of the molecule is CC.CC.CO[C@H]1[C@H](OC)C(F)[C@H](C)C[C@@H]1N. The highest BCUT2D eigenvalue weighted by Crippen LogP contribution is 2.29. The van der Waals surface area contributed by atoms with Crippen LogP contribution in [0.2, 0.25) is 0 Å². The second-order valence-corrected chi connectivity index (χ2v) is 3.72. The normalized spacial score (nSPS) is 36.2. The maximum absolute atomic E-state index is 13.6. The van der Waals surface area contributed by atoms with Crippen LogP contribution in [0.1, 0.15) is 41.0 Å². The fraction of sp³-hybridized carbons (Fsp3) is 1.00. The van der Waals surface area contributed by atoms with Crippen molar-refractivity contribution in [2.45, 2.75) is 65.5 Å². The molecule has 0 spiro atoms. The Balaban J connectivity index is 0. The van der Waals surface area contributed by atoms with E-state index in [0.717, 1.165) is 0 Å². The fourth-order valence-corrected chi connectivity index (χ4v) is 2.02. The van der Waals surface area contributed by atoms with Gasteiger partial charge in [0, 0.05) is 20.3 Å². The van der Waals surface area contributed by atoms with E-state index in [9.17, 15) is 4.39 Å². The molecule has 0 amide bonds. The smallest absolute Gasteiger partial charge is 0.131 e. The molecule has 2 N–H and O–H groups in total. The molecule has 1 unspecified atom stereocenters. The Kier molecular flexibility index (Phi) is 12.3. The zero-order chi connectivity index (χ0) is 14.0. The number of alkyl halides is 1. The lowest BCUT2D eigenvalue weighted by Crippen LogP contribution is -2.56. The molecule has 0 aromatic rings. The summed E-state index contributed by atoms with van der Waals surface area (Å²) in [5.41, 5.74) is 5.84. The molecule has 0 heterocycles. The van der Waals surface area contributed by atoms with Crippen molar-refractivity contribution in [1.29, 1.82) is 0 Å². The van der Waals surface area contributed by atoms with Crippen LogP contribution in [0, 0.1) is 5.92 Å². The first-order valence-electron chi connectivity index (χ1n) is 6.57. The molecule has 0 aliphatic heterocycles.